The largest absolute Gasteiger partial charge is 0.508 e. The molecule has 4 aromatic carbocycles. The van der Waals surface area contributed by atoms with E-state index in [1.807, 2.05) is 67.7 Å². The summed E-state index contributed by atoms with van der Waals surface area (Å²) in [6.07, 6.45) is 3.95. The first-order valence-corrected chi connectivity index (χ1v) is 18.8. The average molecular weight is 754 g/mol. The van der Waals surface area contributed by atoms with E-state index in [0.29, 0.717) is 12.0 Å². The molecule has 288 valence electrons. The molecule has 2 saturated heterocycles. The number of para-hydroxylation sites is 1. The number of aromatic hydroxyl groups is 1. The van der Waals surface area contributed by atoms with Crippen molar-refractivity contribution in [3.63, 3.8) is 0 Å². The molecule has 2 N–H and O–H groups in total. The smallest absolute Gasteiger partial charge is 0.265 e. The van der Waals surface area contributed by atoms with Gasteiger partial charge in [-0.1, -0.05) is 78.9 Å². The van der Waals surface area contributed by atoms with Gasteiger partial charge in [-0.05, 0) is 52.9 Å². The Balaban J connectivity index is 1.24. The normalized spacial score (nSPS) is 17.4. The zero-order chi connectivity index (χ0) is 39.5. The molecule has 0 unspecified atom stereocenters. The Morgan fingerprint density at radius 3 is 2.36 bits per heavy atom. The Hall–Kier alpha value is -6.24. The molecule has 4 amide bonds. The van der Waals surface area contributed by atoms with E-state index in [1.54, 1.807) is 81.4 Å². The Morgan fingerprint density at radius 2 is 1.66 bits per heavy atom. The highest BCUT2D eigenvalue weighted by atomic mass is 16.3. The lowest BCUT2D eigenvalue weighted by molar-refractivity contribution is -0.205. The number of amides is 4. The zero-order valence-electron chi connectivity index (χ0n) is 32.0. The van der Waals surface area contributed by atoms with Crippen LogP contribution < -0.4 is 5.43 Å². The van der Waals surface area contributed by atoms with E-state index in [1.165, 1.54) is 0 Å². The molecule has 0 bridgehead atoms. The molecule has 2 aliphatic heterocycles. The van der Waals surface area contributed by atoms with Crippen LogP contribution in [0.2, 0.25) is 0 Å². The van der Waals surface area contributed by atoms with Crippen LogP contribution in [0, 0.1) is 0 Å². The first-order chi connectivity index (χ1) is 27.0. The second kappa shape index (κ2) is 16.2. The third kappa shape index (κ3) is 7.79. The maximum Gasteiger partial charge on any atom is 0.265 e. The lowest BCUT2D eigenvalue weighted by atomic mass is 9.97. The molecule has 2 fully saturated rings. The molecule has 56 heavy (non-hydrogen) atoms. The number of hydrazine groups is 2. The Labute approximate surface area is 326 Å². The van der Waals surface area contributed by atoms with Crippen molar-refractivity contribution in [3.05, 3.63) is 138 Å². The number of carbonyl (C=O) groups is 4. The molecule has 7 rings (SSSR count). The van der Waals surface area contributed by atoms with Gasteiger partial charge in [0, 0.05) is 69.8 Å². The number of nitrogens with one attached hydrogen (secondary N) is 1. The second-order valence-corrected chi connectivity index (χ2v) is 14.6. The van der Waals surface area contributed by atoms with Crippen LogP contribution in [0.5, 0.6) is 5.75 Å². The summed E-state index contributed by atoms with van der Waals surface area (Å²) in [5.74, 6) is -0.683. The number of aryl methyl sites for hydroxylation is 2. The van der Waals surface area contributed by atoms with Crippen molar-refractivity contribution >= 4 is 34.5 Å². The van der Waals surface area contributed by atoms with Crippen molar-refractivity contribution in [2.75, 3.05) is 33.7 Å². The zero-order valence-corrected chi connectivity index (χ0v) is 32.0. The van der Waals surface area contributed by atoms with Gasteiger partial charge in [-0.25, -0.2) is 15.0 Å². The van der Waals surface area contributed by atoms with Gasteiger partial charge in [0.05, 0.1) is 18.6 Å². The van der Waals surface area contributed by atoms with E-state index in [-0.39, 0.29) is 68.4 Å². The lowest BCUT2D eigenvalue weighted by Crippen LogP contribution is -2.75. The Bertz CT molecular complexity index is 2250. The predicted molar refractivity (Wildman–Crippen MR) is 215 cm³/mol. The van der Waals surface area contributed by atoms with Crippen LogP contribution >= 0.6 is 0 Å². The van der Waals surface area contributed by atoms with Gasteiger partial charge in [0.1, 0.15) is 18.0 Å². The number of piperazine rings is 1. The van der Waals surface area contributed by atoms with Crippen LogP contribution in [-0.2, 0) is 40.8 Å². The summed E-state index contributed by atoms with van der Waals surface area (Å²) in [6.45, 7) is 4.49. The van der Waals surface area contributed by atoms with Crippen LogP contribution in [0.4, 0.5) is 0 Å². The topological polar surface area (TPSA) is 122 Å². The molecular weight excluding hydrogens is 707 g/mol. The minimum atomic E-state index is -0.882. The summed E-state index contributed by atoms with van der Waals surface area (Å²) in [4.78, 5) is 59.0. The van der Waals surface area contributed by atoms with Crippen LogP contribution in [-0.4, -0.2) is 104 Å². The van der Waals surface area contributed by atoms with Gasteiger partial charge in [0.2, 0.25) is 17.7 Å². The molecule has 1 aromatic heterocycles. The number of nitrogens with zero attached hydrogens (tertiary/aromatic N) is 6. The molecule has 12 nitrogen and oxygen atoms in total. The molecule has 2 aliphatic rings. The number of phenols is 1. The Morgan fingerprint density at radius 1 is 0.929 bits per heavy atom. The molecule has 0 radical (unpaired) electrons. The van der Waals surface area contributed by atoms with Gasteiger partial charge in [0.25, 0.3) is 5.91 Å². The van der Waals surface area contributed by atoms with Crippen molar-refractivity contribution in [3.8, 4) is 16.9 Å². The van der Waals surface area contributed by atoms with E-state index in [0.717, 1.165) is 38.7 Å². The molecular formula is C44H47N7O5. The van der Waals surface area contributed by atoms with Gasteiger partial charge >= 0.3 is 0 Å². The number of benzene rings is 4. The predicted octanol–water partition coefficient (Wildman–Crippen LogP) is 4.74. The summed E-state index contributed by atoms with van der Waals surface area (Å²) in [5, 5.41) is 16.0. The van der Waals surface area contributed by atoms with Crippen LogP contribution in [0.15, 0.2) is 116 Å². The number of fused-ring (bicyclic) bond motifs is 2. The van der Waals surface area contributed by atoms with Gasteiger partial charge in [-0.2, -0.15) is 0 Å². The van der Waals surface area contributed by atoms with Crippen LogP contribution in [0.3, 0.4) is 0 Å². The highest BCUT2D eigenvalue weighted by Crippen LogP contribution is 2.35. The van der Waals surface area contributed by atoms with Gasteiger partial charge in [-0.15, -0.1) is 6.58 Å². The minimum absolute atomic E-state index is 0.0638. The maximum absolute atomic E-state index is 14.7. The van der Waals surface area contributed by atoms with E-state index >= 15 is 0 Å². The minimum Gasteiger partial charge on any atom is -0.508 e. The first kappa shape index (κ1) is 38.1. The van der Waals surface area contributed by atoms with E-state index in [9.17, 15) is 24.3 Å². The Kier molecular flexibility index (Phi) is 11.0. The molecule has 2 atom stereocenters. The molecule has 12 heteroatoms. The summed E-state index contributed by atoms with van der Waals surface area (Å²) in [5.41, 5.74) is 8.92. The molecule has 0 saturated carbocycles. The number of rotatable bonds is 12. The van der Waals surface area contributed by atoms with Crippen molar-refractivity contribution in [1.29, 1.82) is 0 Å². The van der Waals surface area contributed by atoms with Crippen molar-refractivity contribution in [1.82, 2.24) is 34.8 Å². The van der Waals surface area contributed by atoms with E-state index in [2.05, 4.69) is 22.8 Å². The van der Waals surface area contributed by atoms with E-state index < -0.39 is 12.2 Å². The third-order valence-electron chi connectivity index (χ3n) is 10.5. The fourth-order valence-corrected chi connectivity index (χ4v) is 7.95. The van der Waals surface area contributed by atoms with Gasteiger partial charge < -0.3 is 19.5 Å². The maximum atomic E-state index is 14.7. The van der Waals surface area contributed by atoms with Gasteiger partial charge in [0.15, 0.2) is 0 Å². The standard InChI is InChI=1S/C44H47N7O5/c1-5-24-49-29-41(54)50-38(25-31-14-21-35(52)22-15-31)44(56)48(28-39(50)51(49)40(53)23-16-30-10-7-6-8-11-30)26-34-12-9-13-36-37(27-47(4)42(34)36)32-17-19-33(20-18-32)43(55)45-46(2)3/h5-15,17-22,27,38-39,52H,1,16,23-26,28-29H2,2-4H3,(H,45,55)/t38-,39-/m0/s1. The lowest BCUT2D eigenvalue weighted by Gasteiger charge is -2.55. The van der Waals surface area contributed by atoms with Crippen LogP contribution in [0.25, 0.3) is 22.0 Å². The molecule has 3 heterocycles. The van der Waals surface area contributed by atoms with Gasteiger partial charge in [-0.3, -0.25) is 24.6 Å². The first-order valence-electron chi connectivity index (χ1n) is 18.8. The molecule has 0 spiro atoms. The summed E-state index contributed by atoms with van der Waals surface area (Å²) >= 11 is 0. The van der Waals surface area contributed by atoms with Crippen molar-refractivity contribution in [2.45, 2.75) is 38.0 Å². The summed E-state index contributed by atoms with van der Waals surface area (Å²) in [7, 11) is 5.50. The molecule has 5 aromatic rings. The molecule has 0 aliphatic carbocycles. The van der Waals surface area contributed by atoms with Crippen LogP contribution in [0.1, 0.15) is 33.5 Å². The van der Waals surface area contributed by atoms with Crippen molar-refractivity contribution < 1.29 is 24.3 Å². The number of aromatic nitrogens is 1. The quantitative estimate of drug-likeness (QED) is 0.140. The summed E-state index contributed by atoms with van der Waals surface area (Å²) in [6, 6.07) is 29.1. The highest BCUT2D eigenvalue weighted by molar-refractivity contribution is 5.99. The van der Waals surface area contributed by atoms with Crippen molar-refractivity contribution in [2.24, 2.45) is 7.05 Å². The third-order valence-corrected chi connectivity index (χ3v) is 10.5. The fourth-order valence-electron chi connectivity index (χ4n) is 7.95. The SMILES string of the molecule is C=CCN1CC(=O)N2[C@@H](Cc3ccc(O)cc3)C(=O)N(Cc3cccc4c(-c5ccc(C(=O)NN(C)C)cc5)cn(C)c34)C[C@@H]2N1C(=O)CCc1ccccc1. The monoisotopic (exact) mass is 753 g/mol. The second-order valence-electron chi connectivity index (χ2n) is 14.6. The number of hydrogen-bond acceptors (Lipinski definition) is 7. The number of hydrogen-bond donors (Lipinski definition) is 2. The average Bonchev–Trinajstić information content (AvgIpc) is 3.53. The summed E-state index contributed by atoms with van der Waals surface area (Å²) < 4.78 is 2.05. The highest BCUT2D eigenvalue weighted by Gasteiger charge is 2.51. The number of carbonyl (C=O) groups excluding carboxylic acids is 4. The van der Waals surface area contributed by atoms with E-state index in [4.69, 9.17) is 0 Å². The number of phenolic OH excluding ortho intramolecular Hbond substituents is 1. The fraction of sp³-hybridized carbons (Fsp3) is 0.273.